The minimum atomic E-state index is 0.624. The Morgan fingerprint density at radius 2 is 2.25 bits per heavy atom. The van der Waals surface area contributed by atoms with Gasteiger partial charge in [-0.1, -0.05) is 6.07 Å². The van der Waals surface area contributed by atoms with Crippen LogP contribution in [0, 0.1) is 18.3 Å². The number of benzene rings is 1. The van der Waals surface area contributed by atoms with Gasteiger partial charge in [0.05, 0.1) is 23.6 Å². The third kappa shape index (κ3) is 3.44. The minimum Gasteiger partial charge on any atom is -0.383 e. The van der Waals surface area contributed by atoms with Gasteiger partial charge in [0.25, 0.3) is 0 Å². The predicted octanol–water partition coefficient (Wildman–Crippen LogP) is 1.79. The average molecular weight is 270 g/mol. The zero-order chi connectivity index (χ0) is 14.4. The van der Waals surface area contributed by atoms with Gasteiger partial charge in [0.1, 0.15) is 6.07 Å². The van der Waals surface area contributed by atoms with Crippen molar-refractivity contribution in [2.24, 2.45) is 0 Å². The van der Waals surface area contributed by atoms with Crippen molar-refractivity contribution in [3.05, 3.63) is 47.3 Å². The van der Waals surface area contributed by atoms with E-state index in [1.807, 2.05) is 37.4 Å². The van der Waals surface area contributed by atoms with E-state index in [1.54, 1.807) is 11.8 Å². The number of ether oxygens (including phenoxy) is 1. The second kappa shape index (κ2) is 6.85. The molecule has 0 saturated carbocycles. The predicted molar refractivity (Wildman–Crippen MR) is 76.6 cm³/mol. The molecule has 0 aliphatic heterocycles. The van der Waals surface area contributed by atoms with Crippen LogP contribution in [0.4, 0.5) is 0 Å². The maximum absolute atomic E-state index is 9.29. The largest absolute Gasteiger partial charge is 0.383 e. The van der Waals surface area contributed by atoms with Crippen LogP contribution in [-0.4, -0.2) is 30.0 Å². The number of hydrogen-bond donors (Lipinski definition) is 1. The zero-order valence-corrected chi connectivity index (χ0v) is 11.8. The summed E-state index contributed by atoms with van der Waals surface area (Å²) in [7, 11) is 1.68. The van der Waals surface area contributed by atoms with E-state index < -0.39 is 0 Å². The SMILES string of the molecule is COCCNCc1ccc(-n2ccc(C)n2)c(C#N)c1. The highest BCUT2D eigenvalue weighted by Crippen LogP contribution is 2.15. The van der Waals surface area contributed by atoms with E-state index in [-0.39, 0.29) is 0 Å². The highest BCUT2D eigenvalue weighted by atomic mass is 16.5. The van der Waals surface area contributed by atoms with Gasteiger partial charge >= 0.3 is 0 Å². The molecule has 20 heavy (non-hydrogen) atoms. The molecule has 5 nitrogen and oxygen atoms in total. The maximum atomic E-state index is 9.29. The standard InChI is InChI=1S/C15H18N4O/c1-12-5-7-19(18-12)15-4-3-13(9-14(15)10-16)11-17-6-8-20-2/h3-5,7,9,17H,6,8,11H2,1-2H3. The third-order valence-corrected chi connectivity index (χ3v) is 2.96. The van der Waals surface area contributed by atoms with Crippen LogP contribution in [0.15, 0.2) is 30.5 Å². The molecule has 0 bridgehead atoms. The first-order valence-corrected chi connectivity index (χ1v) is 6.50. The molecule has 2 aromatic rings. The van der Waals surface area contributed by atoms with Gasteiger partial charge in [-0.2, -0.15) is 10.4 Å². The molecule has 0 spiro atoms. The minimum absolute atomic E-state index is 0.624. The summed E-state index contributed by atoms with van der Waals surface area (Å²) in [6.07, 6.45) is 1.86. The molecular weight excluding hydrogens is 252 g/mol. The first-order valence-electron chi connectivity index (χ1n) is 6.50. The van der Waals surface area contributed by atoms with Crippen LogP contribution in [0.25, 0.3) is 5.69 Å². The summed E-state index contributed by atoms with van der Waals surface area (Å²) < 4.78 is 6.71. The average Bonchev–Trinajstić information content (AvgIpc) is 2.90. The van der Waals surface area contributed by atoms with Crippen molar-refractivity contribution in [2.75, 3.05) is 20.3 Å². The number of nitriles is 1. The van der Waals surface area contributed by atoms with E-state index >= 15 is 0 Å². The van der Waals surface area contributed by atoms with Crippen molar-refractivity contribution < 1.29 is 4.74 Å². The van der Waals surface area contributed by atoms with E-state index in [0.717, 1.165) is 30.0 Å². The number of aryl methyl sites for hydroxylation is 1. The number of nitrogens with zero attached hydrogens (tertiary/aromatic N) is 3. The van der Waals surface area contributed by atoms with Gasteiger partial charge in [0, 0.05) is 26.4 Å². The van der Waals surface area contributed by atoms with Gasteiger partial charge in [-0.3, -0.25) is 0 Å². The molecule has 0 aliphatic carbocycles. The molecule has 0 saturated heterocycles. The lowest BCUT2D eigenvalue weighted by Gasteiger charge is -2.08. The van der Waals surface area contributed by atoms with Crippen LogP contribution in [0.1, 0.15) is 16.8 Å². The molecule has 0 fully saturated rings. The zero-order valence-electron chi connectivity index (χ0n) is 11.8. The van der Waals surface area contributed by atoms with Gasteiger partial charge in [0.2, 0.25) is 0 Å². The molecule has 1 N–H and O–H groups in total. The lowest BCUT2D eigenvalue weighted by Crippen LogP contribution is -2.18. The summed E-state index contributed by atoms with van der Waals surface area (Å²) in [5.74, 6) is 0. The van der Waals surface area contributed by atoms with Crippen LogP contribution in [0.3, 0.4) is 0 Å². The molecular formula is C15H18N4O. The molecule has 0 unspecified atom stereocenters. The lowest BCUT2D eigenvalue weighted by atomic mass is 10.1. The fraction of sp³-hybridized carbons (Fsp3) is 0.333. The molecule has 0 atom stereocenters. The van der Waals surface area contributed by atoms with Gasteiger partial charge < -0.3 is 10.1 Å². The van der Waals surface area contributed by atoms with Crippen molar-refractivity contribution in [1.29, 1.82) is 5.26 Å². The maximum Gasteiger partial charge on any atom is 0.101 e. The monoisotopic (exact) mass is 270 g/mol. The van der Waals surface area contributed by atoms with Crippen molar-refractivity contribution >= 4 is 0 Å². The highest BCUT2D eigenvalue weighted by Gasteiger charge is 2.06. The highest BCUT2D eigenvalue weighted by molar-refractivity contribution is 5.50. The number of nitrogens with one attached hydrogen (secondary N) is 1. The van der Waals surface area contributed by atoms with Crippen LogP contribution < -0.4 is 5.32 Å². The quantitative estimate of drug-likeness (QED) is 0.813. The Hall–Kier alpha value is -2.16. The smallest absolute Gasteiger partial charge is 0.101 e. The summed E-state index contributed by atoms with van der Waals surface area (Å²) >= 11 is 0. The Balaban J connectivity index is 2.14. The summed E-state index contributed by atoms with van der Waals surface area (Å²) in [6, 6.07) is 9.98. The molecule has 1 heterocycles. The molecule has 1 aromatic carbocycles. The van der Waals surface area contributed by atoms with Crippen LogP contribution in [0.5, 0.6) is 0 Å². The summed E-state index contributed by atoms with van der Waals surface area (Å²) in [4.78, 5) is 0. The Morgan fingerprint density at radius 3 is 2.90 bits per heavy atom. The molecule has 0 radical (unpaired) electrons. The second-order valence-electron chi connectivity index (χ2n) is 4.53. The fourth-order valence-electron chi connectivity index (χ4n) is 1.94. The van der Waals surface area contributed by atoms with E-state index in [1.165, 1.54) is 0 Å². The van der Waals surface area contributed by atoms with Gasteiger partial charge in [-0.25, -0.2) is 4.68 Å². The summed E-state index contributed by atoms with van der Waals surface area (Å²) in [6.45, 7) is 4.11. The number of aromatic nitrogens is 2. The van der Waals surface area contributed by atoms with Crippen LogP contribution >= 0.6 is 0 Å². The van der Waals surface area contributed by atoms with Crippen LogP contribution in [-0.2, 0) is 11.3 Å². The molecule has 0 amide bonds. The van der Waals surface area contributed by atoms with Crippen molar-refractivity contribution in [2.45, 2.75) is 13.5 Å². The van der Waals surface area contributed by atoms with E-state index in [9.17, 15) is 5.26 Å². The van der Waals surface area contributed by atoms with Crippen molar-refractivity contribution in [3.8, 4) is 11.8 Å². The van der Waals surface area contributed by atoms with Gasteiger partial charge in [-0.15, -0.1) is 0 Å². The number of methoxy groups -OCH3 is 1. The van der Waals surface area contributed by atoms with E-state index in [4.69, 9.17) is 4.74 Å². The Morgan fingerprint density at radius 1 is 1.40 bits per heavy atom. The Kier molecular flexibility index (Phi) is 4.88. The van der Waals surface area contributed by atoms with E-state index in [0.29, 0.717) is 12.2 Å². The van der Waals surface area contributed by atoms with Gasteiger partial charge in [-0.05, 0) is 30.7 Å². The normalized spacial score (nSPS) is 10.4. The molecule has 2 rings (SSSR count). The van der Waals surface area contributed by atoms with Crippen molar-refractivity contribution in [1.82, 2.24) is 15.1 Å². The van der Waals surface area contributed by atoms with Crippen molar-refractivity contribution in [3.63, 3.8) is 0 Å². The Bertz CT molecular complexity index is 613. The first-order chi connectivity index (χ1) is 9.74. The van der Waals surface area contributed by atoms with E-state index in [2.05, 4.69) is 16.5 Å². The van der Waals surface area contributed by atoms with Gasteiger partial charge in [0.15, 0.2) is 0 Å². The Labute approximate surface area is 118 Å². The molecule has 5 heteroatoms. The topological polar surface area (TPSA) is 62.9 Å². The van der Waals surface area contributed by atoms with Crippen LogP contribution in [0.2, 0.25) is 0 Å². The summed E-state index contributed by atoms with van der Waals surface area (Å²) in [5.41, 5.74) is 3.44. The summed E-state index contributed by atoms with van der Waals surface area (Å²) in [5, 5.41) is 16.9. The lowest BCUT2D eigenvalue weighted by molar-refractivity contribution is 0.199. The number of hydrogen-bond acceptors (Lipinski definition) is 4. The molecule has 0 aliphatic rings. The molecule has 104 valence electrons. The number of rotatable bonds is 6. The first kappa shape index (κ1) is 14.3. The fourth-order valence-corrected chi connectivity index (χ4v) is 1.94. The second-order valence-corrected chi connectivity index (χ2v) is 4.53. The third-order valence-electron chi connectivity index (χ3n) is 2.96. The molecule has 1 aromatic heterocycles.